The zero-order valence-corrected chi connectivity index (χ0v) is 10.7. The zero-order chi connectivity index (χ0) is 10.3. The van der Waals surface area contributed by atoms with E-state index >= 15 is 0 Å². The van der Waals surface area contributed by atoms with Crippen molar-refractivity contribution in [3.05, 3.63) is 26.6 Å². The number of hydrogen-bond donors (Lipinski definition) is 1. The predicted molar refractivity (Wildman–Crippen MR) is 66.8 cm³/mol. The standard InChI is InChI=1S/C9H5F2IS2/c10-9(11)6-3-14-8-5(6)1-4(13)2-7(8)12/h1-3,9,13H. The van der Waals surface area contributed by atoms with E-state index in [-0.39, 0.29) is 5.56 Å². The number of alkyl halides is 2. The minimum absolute atomic E-state index is 0.110. The van der Waals surface area contributed by atoms with Crippen LogP contribution in [0.1, 0.15) is 12.0 Å². The molecule has 0 radical (unpaired) electrons. The third kappa shape index (κ3) is 1.77. The lowest BCUT2D eigenvalue weighted by Crippen LogP contribution is -1.81. The van der Waals surface area contributed by atoms with Gasteiger partial charge in [0.05, 0.1) is 0 Å². The second-order valence-corrected chi connectivity index (χ2v) is 5.35. The summed E-state index contributed by atoms with van der Waals surface area (Å²) in [5.74, 6) is 0. The van der Waals surface area contributed by atoms with Crippen molar-refractivity contribution >= 4 is 56.6 Å². The Balaban J connectivity index is 2.78. The van der Waals surface area contributed by atoms with Gasteiger partial charge in [-0.15, -0.1) is 24.0 Å². The van der Waals surface area contributed by atoms with E-state index < -0.39 is 6.43 Å². The van der Waals surface area contributed by atoms with Crippen molar-refractivity contribution in [2.45, 2.75) is 11.3 Å². The maximum Gasteiger partial charge on any atom is 0.265 e. The molecule has 0 aliphatic heterocycles. The molecule has 1 aromatic carbocycles. The number of thiophene rings is 1. The van der Waals surface area contributed by atoms with Crippen LogP contribution < -0.4 is 0 Å². The second-order valence-electron chi connectivity index (χ2n) is 2.80. The van der Waals surface area contributed by atoms with Crippen LogP contribution in [0.2, 0.25) is 0 Å². The van der Waals surface area contributed by atoms with Crippen LogP contribution in [0.3, 0.4) is 0 Å². The molecule has 0 saturated carbocycles. The maximum atomic E-state index is 12.6. The zero-order valence-electron chi connectivity index (χ0n) is 6.80. The van der Waals surface area contributed by atoms with E-state index in [4.69, 9.17) is 0 Å². The minimum atomic E-state index is -2.41. The molecule has 0 atom stereocenters. The quantitative estimate of drug-likeness (QED) is 0.562. The van der Waals surface area contributed by atoms with Crippen LogP contribution in [-0.4, -0.2) is 0 Å². The fourth-order valence-corrected chi connectivity index (χ4v) is 3.73. The van der Waals surface area contributed by atoms with E-state index in [9.17, 15) is 8.78 Å². The highest BCUT2D eigenvalue weighted by Crippen LogP contribution is 2.36. The van der Waals surface area contributed by atoms with E-state index in [1.807, 2.05) is 6.07 Å². The molecule has 0 saturated heterocycles. The molecule has 0 aliphatic carbocycles. The Morgan fingerprint density at radius 2 is 2.07 bits per heavy atom. The molecule has 1 aromatic heterocycles. The summed E-state index contributed by atoms with van der Waals surface area (Å²) in [5, 5.41) is 2.15. The molecule has 0 spiro atoms. The Hall–Kier alpha value is 0.120. The highest BCUT2D eigenvalue weighted by Gasteiger charge is 2.15. The number of fused-ring (bicyclic) bond motifs is 1. The number of halogens is 3. The Morgan fingerprint density at radius 3 is 2.71 bits per heavy atom. The highest BCUT2D eigenvalue weighted by atomic mass is 127. The molecular weight excluding hydrogens is 337 g/mol. The normalized spacial score (nSPS) is 11.5. The molecular formula is C9H5F2IS2. The fraction of sp³-hybridized carbons (Fsp3) is 0.111. The molecule has 0 nitrogen and oxygen atoms in total. The molecule has 0 fully saturated rings. The number of rotatable bonds is 1. The molecule has 0 aliphatic rings. The second kappa shape index (κ2) is 3.94. The van der Waals surface area contributed by atoms with Gasteiger partial charge in [0.15, 0.2) is 0 Å². The van der Waals surface area contributed by atoms with Gasteiger partial charge >= 0.3 is 0 Å². The van der Waals surface area contributed by atoms with Crippen LogP contribution in [0, 0.1) is 3.57 Å². The third-order valence-electron chi connectivity index (χ3n) is 1.88. The average molecular weight is 342 g/mol. The molecule has 0 bridgehead atoms. The lowest BCUT2D eigenvalue weighted by atomic mass is 10.2. The van der Waals surface area contributed by atoms with Crippen molar-refractivity contribution in [2.75, 3.05) is 0 Å². The summed E-state index contributed by atoms with van der Waals surface area (Å²) in [6.07, 6.45) is -2.41. The SMILES string of the molecule is FC(F)c1csc2c(I)cc(S)cc12. The van der Waals surface area contributed by atoms with Crippen LogP contribution in [0.5, 0.6) is 0 Å². The Labute approximate surface area is 103 Å². The Kier molecular flexibility index (Phi) is 2.99. The summed E-state index contributed by atoms with van der Waals surface area (Å²) in [4.78, 5) is 0.724. The van der Waals surface area contributed by atoms with Crippen LogP contribution in [0.4, 0.5) is 8.78 Å². The maximum absolute atomic E-state index is 12.6. The van der Waals surface area contributed by atoms with Gasteiger partial charge in [0.25, 0.3) is 6.43 Å². The summed E-state index contributed by atoms with van der Waals surface area (Å²) >= 11 is 7.67. The first kappa shape index (κ1) is 10.6. The summed E-state index contributed by atoms with van der Waals surface area (Å²) in [7, 11) is 0. The van der Waals surface area contributed by atoms with E-state index in [0.717, 1.165) is 13.2 Å². The van der Waals surface area contributed by atoms with E-state index in [2.05, 4.69) is 35.2 Å². The first-order valence-corrected chi connectivity index (χ1v) is 6.18. The number of thiol groups is 1. The van der Waals surface area contributed by atoms with Crippen molar-refractivity contribution in [3.8, 4) is 0 Å². The van der Waals surface area contributed by atoms with E-state index in [1.165, 1.54) is 16.7 Å². The van der Waals surface area contributed by atoms with E-state index in [0.29, 0.717) is 5.39 Å². The first-order valence-electron chi connectivity index (χ1n) is 3.77. The highest BCUT2D eigenvalue weighted by molar-refractivity contribution is 14.1. The predicted octanol–water partition coefficient (Wildman–Crippen LogP) is 4.73. The van der Waals surface area contributed by atoms with Crippen molar-refractivity contribution in [1.29, 1.82) is 0 Å². The van der Waals surface area contributed by atoms with Crippen molar-refractivity contribution in [2.24, 2.45) is 0 Å². The Bertz CT molecular complexity index is 479. The van der Waals surface area contributed by atoms with Gasteiger partial charge in [-0.25, -0.2) is 8.78 Å². The van der Waals surface area contributed by atoms with Crippen molar-refractivity contribution in [3.63, 3.8) is 0 Å². The molecule has 1 heterocycles. The van der Waals surface area contributed by atoms with Crippen molar-refractivity contribution in [1.82, 2.24) is 0 Å². The summed E-state index contributed by atoms with van der Waals surface area (Å²) in [6.45, 7) is 0. The number of benzene rings is 1. The molecule has 0 unspecified atom stereocenters. The first-order chi connectivity index (χ1) is 6.59. The third-order valence-corrected chi connectivity index (χ3v) is 4.40. The molecule has 5 heteroatoms. The van der Waals surface area contributed by atoms with Gasteiger partial charge in [-0.2, -0.15) is 0 Å². The number of hydrogen-bond acceptors (Lipinski definition) is 2. The van der Waals surface area contributed by atoms with Gasteiger partial charge in [0.2, 0.25) is 0 Å². The van der Waals surface area contributed by atoms with Crippen LogP contribution in [0.25, 0.3) is 10.1 Å². The van der Waals surface area contributed by atoms with Gasteiger partial charge in [0.1, 0.15) is 0 Å². The van der Waals surface area contributed by atoms with Gasteiger partial charge in [-0.3, -0.25) is 0 Å². The smallest absolute Gasteiger partial charge is 0.205 e. The van der Waals surface area contributed by atoms with Crippen LogP contribution in [-0.2, 0) is 0 Å². The summed E-state index contributed by atoms with van der Waals surface area (Å²) < 4.78 is 27.0. The van der Waals surface area contributed by atoms with Gasteiger partial charge in [0, 0.05) is 29.5 Å². The lowest BCUT2D eigenvalue weighted by Gasteiger charge is -1.99. The average Bonchev–Trinajstić information content (AvgIpc) is 2.47. The Morgan fingerprint density at radius 1 is 1.36 bits per heavy atom. The molecule has 14 heavy (non-hydrogen) atoms. The molecule has 74 valence electrons. The van der Waals surface area contributed by atoms with Gasteiger partial charge < -0.3 is 0 Å². The molecule has 0 amide bonds. The molecule has 2 aromatic rings. The lowest BCUT2D eigenvalue weighted by molar-refractivity contribution is 0.153. The van der Waals surface area contributed by atoms with Gasteiger partial charge in [-0.1, -0.05) is 0 Å². The summed E-state index contributed by atoms with van der Waals surface area (Å²) in [5.41, 5.74) is 0.110. The monoisotopic (exact) mass is 342 g/mol. The molecule has 0 N–H and O–H groups in total. The molecule has 2 rings (SSSR count). The summed E-state index contributed by atoms with van der Waals surface area (Å²) in [6, 6.07) is 3.57. The minimum Gasteiger partial charge on any atom is -0.205 e. The largest absolute Gasteiger partial charge is 0.265 e. The van der Waals surface area contributed by atoms with Crippen LogP contribution >= 0.6 is 46.6 Å². The fourth-order valence-electron chi connectivity index (χ4n) is 1.27. The topological polar surface area (TPSA) is 0 Å². The van der Waals surface area contributed by atoms with Crippen LogP contribution in [0.15, 0.2) is 22.4 Å². The van der Waals surface area contributed by atoms with Crippen molar-refractivity contribution < 1.29 is 8.78 Å². The van der Waals surface area contributed by atoms with Gasteiger partial charge in [-0.05, 0) is 34.7 Å². The van der Waals surface area contributed by atoms with E-state index in [1.54, 1.807) is 6.07 Å².